The molecule has 4 fully saturated rings. The molecule has 0 aromatic rings. The number of Topliss-reactive ketones (excluding diaryl/α,β-unsaturated/α-hetero) is 2. The van der Waals surface area contributed by atoms with Crippen LogP contribution >= 0.6 is 0 Å². The SMILES string of the molecule is CC[C@H]1OC(=O)[C@H](C)C(=O)[C@H](C)[C@@H](O[C@@H]2O[C@H](C)C[C@H](N(C)C)[C@H]2O)[C@@]2(C)C[C@@H](C)NC[C@H](C)[C@H](OCC(=O)CO2)[C@]1(C)O. The number of nitrogens with one attached hydrogen (secondary N) is 1. The first-order valence-electron chi connectivity index (χ1n) is 16.0. The largest absolute Gasteiger partial charge is 0.459 e. The Labute approximate surface area is 262 Å². The van der Waals surface area contributed by atoms with Crippen molar-refractivity contribution in [1.29, 1.82) is 0 Å². The quantitative estimate of drug-likeness (QED) is 0.305. The van der Waals surface area contributed by atoms with E-state index in [4.69, 9.17) is 23.7 Å². The van der Waals surface area contributed by atoms with Gasteiger partial charge in [0.25, 0.3) is 0 Å². The standard InChI is InChI=1S/C32H56N2O10/c1-11-24-32(8,39)27-17(2)14-33-18(3)13-31(7,41-16-22(35)15-40-27)28(20(5)25(36)21(6)29(38)43-24)44-30-26(37)23(34(9)10)12-19(4)42-30/h17-21,23-24,26-28,30,33,37,39H,11-16H2,1-10H3/t17-,18+,19+,20-,21+,23-,24+,26+,27-,28+,30-,31+,32+/m0/s1. The van der Waals surface area contributed by atoms with Crippen molar-refractivity contribution in [2.45, 2.75) is 135 Å². The van der Waals surface area contributed by atoms with E-state index in [1.54, 1.807) is 20.8 Å². The van der Waals surface area contributed by atoms with Gasteiger partial charge in [0.1, 0.15) is 36.9 Å². The molecule has 12 heteroatoms. The number of esters is 1. The Morgan fingerprint density at radius 2 is 1.73 bits per heavy atom. The maximum atomic E-state index is 14.0. The lowest BCUT2D eigenvalue weighted by atomic mass is 9.79. The van der Waals surface area contributed by atoms with Crippen LogP contribution in [0.4, 0.5) is 0 Å². The lowest BCUT2D eigenvalue weighted by Gasteiger charge is -2.47. The first kappa shape index (κ1) is 37.0. The van der Waals surface area contributed by atoms with Gasteiger partial charge in [-0.15, -0.1) is 0 Å². The minimum absolute atomic E-state index is 0.191. The highest BCUT2D eigenvalue weighted by atomic mass is 16.7. The summed E-state index contributed by atoms with van der Waals surface area (Å²) >= 11 is 0. The zero-order chi connectivity index (χ0) is 33.1. The van der Waals surface area contributed by atoms with Crippen molar-refractivity contribution in [3.8, 4) is 0 Å². The van der Waals surface area contributed by atoms with Crippen LogP contribution in [0.1, 0.15) is 74.7 Å². The first-order valence-corrected chi connectivity index (χ1v) is 16.0. The molecule has 4 heterocycles. The fourth-order valence-corrected chi connectivity index (χ4v) is 7.10. The molecule has 0 aliphatic carbocycles. The fourth-order valence-electron chi connectivity index (χ4n) is 7.10. The Balaban J connectivity index is 2.15. The van der Waals surface area contributed by atoms with E-state index in [0.717, 1.165) is 0 Å². The molecule has 12 nitrogen and oxygen atoms in total. The lowest BCUT2D eigenvalue weighted by Crippen LogP contribution is -2.60. The highest BCUT2D eigenvalue weighted by Crippen LogP contribution is 2.37. The second-order valence-electron chi connectivity index (χ2n) is 14.0. The fraction of sp³-hybridized carbons (Fsp3) is 0.906. The third-order valence-corrected chi connectivity index (χ3v) is 9.70. The number of ether oxygens (including phenoxy) is 5. The highest BCUT2D eigenvalue weighted by molar-refractivity contribution is 6.00. The molecule has 4 saturated heterocycles. The average molecular weight is 629 g/mol. The Morgan fingerprint density at radius 3 is 2.34 bits per heavy atom. The van der Waals surface area contributed by atoms with Crippen LogP contribution in [0.25, 0.3) is 0 Å². The van der Waals surface area contributed by atoms with Gasteiger partial charge in [-0.05, 0) is 73.9 Å². The number of hydrogen-bond donors (Lipinski definition) is 3. The molecule has 0 unspecified atom stereocenters. The van der Waals surface area contributed by atoms with Gasteiger partial charge in [-0.3, -0.25) is 14.4 Å². The predicted octanol–water partition coefficient (Wildman–Crippen LogP) is 1.47. The van der Waals surface area contributed by atoms with Gasteiger partial charge in [-0.25, -0.2) is 0 Å². The molecular weight excluding hydrogens is 572 g/mol. The van der Waals surface area contributed by atoms with E-state index in [2.05, 4.69) is 5.32 Å². The Hall–Kier alpha value is -1.51. The van der Waals surface area contributed by atoms with Crippen LogP contribution in [-0.2, 0) is 38.1 Å². The topological polar surface area (TPSA) is 153 Å². The smallest absolute Gasteiger partial charge is 0.316 e. The molecule has 3 N–H and O–H groups in total. The van der Waals surface area contributed by atoms with Crippen LogP contribution in [0.3, 0.4) is 0 Å². The summed E-state index contributed by atoms with van der Waals surface area (Å²) in [5, 5.41) is 26.6. The Morgan fingerprint density at radius 1 is 1.07 bits per heavy atom. The summed E-state index contributed by atoms with van der Waals surface area (Å²) in [4.78, 5) is 42.6. The van der Waals surface area contributed by atoms with Gasteiger partial charge in [0.05, 0.1) is 23.9 Å². The van der Waals surface area contributed by atoms with E-state index < -0.39 is 65.5 Å². The van der Waals surface area contributed by atoms with Crippen molar-refractivity contribution >= 4 is 17.5 Å². The van der Waals surface area contributed by atoms with E-state index in [9.17, 15) is 24.6 Å². The van der Waals surface area contributed by atoms with Crippen LogP contribution in [0, 0.1) is 17.8 Å². The molecule has 4 rings (SSSR count). The molecule has 44 heavy (non-hydrogen) atoms. The third kappa shape index (κ3) is 8.25. The van der Waals surface area contributed by atoms with Crippen LogP contribution in [0.2, 0.25) is 0 Å². The minimum atomic E-state index is -1.66. The van der Waals surface area contributed by atoms with Crippen LogP contribution in [0.5, 0.6) is 0 Å². The van der Waals surface area contributed by atoms with E-state index in [1.807, 2.05) is 39.8 Å². The minimum Gasteiger partial charge on any atom is -0.459 e. The summed E-state index contributed by atoms with van der Waals surface area (Å²) in [6.45, 7) is 13.8. The number of rotatable bonds is 4. The van der Waals surface area contributed by atoms with Gasteiger partial charge >= 0.3 is 5.97 Å². The predicted molar refractivity (Wildman–Crippen MR) is 162 cm³/mol. The maximum Gasteiger partial charge on any atom is 0.316 e. The second-order valence-corrected chi connectivity index (χ2v) is 14.0. The molecule has 4 aliphatic heterocycles. The van der Waals surface area contributed by atoms with Crippen LogP contribution in [-0.4, -0.2) is 127 Å². The van der Waals surface area contributed by atoms with E-state index in [0.29, 0.717) is 19.4 Å². The number of likely N-dealkylation sites (N-methyl/N-ethyl adjacent to an activating group) is 1. The molecule has 13 atom stereocenters. The van der Waals surface area contributed by atoms with Gasteiger partial charge in [0.15, 0.2) is 17.9 Å². The van der Waals surface area contributed by atoms with Crippen molar-refractivity contribution in [2.24, 2.45) is 17.8 Å². The summed E-state index contributed by atoms with van der Waals surface area (Å²) in [5.41, 5.74) is -2.90. The number of ketones is 2. The summed E-state index contributed by atoms with van der Waals surface area (Å²) in [7, 11) is 3.74. The summed E-state index contributed by atoms with van der Waals surface area (Å²) in [5.74, 6) is -4.00. The number of fused-ring (bicyclic) bond motifs is 15. The average Bonchev–Trinajstić information content (AvgIpc) is 2.95. The van der Waals surface area contributed by atoms with Gasteiger partial charge < -0.3 is 44.1 Å². The van der Waals surface area contributed by atoms with E-state index >= 15 is 0 Å². The number of aliphatic hydroxyl groups is 2. The Kier molecular flexibility index (Phi) is 12.5. The number of hydrogen-bond acceptors (Lipinski definition) is 12. The van der Waals surface area contributed by atoms with Crippen molar-refractivity contribution in [1.82, 2.24) is 10.2 Å². The summed E-state index contributed by atoms with van der Waals surface area (Å²) in [6, 6.07) is -0.451. The van der Waals surface area contributed by atoms with Crippen molar-refractivity contribution in [3.05, 3.63) is 0 Å². The zero-order valence-corrected chi connectivity index (χ0v) is 28.2. The molecule has 254 valence electrons. The third-order valence-electron chi connectivity index (χ3n) is 9.70. The van der Waals surface area contributed by atoms with Crippen LogP contribution in [0.15, 0.2) is 0 Å². The summed E-state index contributed by atoms with van der Waals surface area (Å²) in [6.07, 6.45) is -4.10. The molecule has 0 amide bonds. The van der Waals surface area contributed by atoms with E-state index in [-0.39, 0.29) is 49.5 Å². The van der Waals surface area contributed by atoms with Crippen molar-refractivity contribution in [2.75, 3.05) is 33.9 Å². The molecule has 0 spiro atoms. The molecular formula is C32H56N2O10. The van der Waals surface area contributed by atoms with Crippen molar-refractivity contribution < 1.29 is 48.3 Å². The second kappa shape index (κ2) is 14.9. The van der Waals surface area contributed by atoms with Crippen LogP contribution < -0.4 is 5.32 Å². The molecule has 0 aromatic carbocycles. The number of carbonyl (C=O) groups is 3. The molecule has 2 bridgehead atoms. The van der Waals surface area contributed by atoms with Gasteiger partial charge in [-0.2, -0.15) is 0 Å². The molecule has 4 aliphatic rings. The molecule has 0 aromatic heterocycles. The molecule has 0 radical (unpaired) electrons. The lowest BCUT2D eigenvalue weighted by molar-refractivity contribution is -0.296. The molecule has 0 saturated carbocycles. The zero-order valence-electron chi connectivity index (χ0n) is 28.2. The number of nitrogens with zero attached hydrogens (tertiary/aromatic N) is 1. The van der Waals surface area contributed by atoms with Gasteiger partial charge in [0, 0.05) is 24.5 Å². The van der Waals surface area contributed by atoms with Gasteiger partial charge in [-0.1, -0.05) is 20.8 Å². The Bertz CT molecular complexity index is 1010. The number of carbonyl (C=O) groups excluding carboxylic acids is 3. The highest BCUT2D eigenvalue weighted by Gasteiger charge is 2.51. The summed E-state index contributed by atoms with van der Waals surface area (Å²) < 4.78 is 30.9. The first-order chi connectivity index (χ1) is 20.4. The monoisotopic (exact) mass is 628 g/mol. The maximum absolute atomic E-state index is 14.0. The number of aliphatic hydroxyl groups excluding tert-OH is 1. The normalized spacial score (nSPS) is 45.6. The van der Waals surface area contributed by atoms with E-state index in [1.165, 1.54) is 13.8 Å². The van der Waals surface area contributed by atoms with Gasteiger partial charge in [0.2, 0.25) is 0 Å². The van der Waals surface area contributed by atoms with Crippen molar-refractivity contribution in [3.63, 3.8) is 0 Å².